The van der Waals surface area contributed by atoms with Crippen molar-refractivity contribution in [3.05, 3.63) is 64.7 Å². The first kappa shape index (κ1) is 19.0. The van der Waals surface area contributed by atoms with Gasteiger partial charge in [-0.15, -0.1) is 0 Å². The summed E-state index contributed by atoms with van der Waals surface area (Å²) in [5, 5.41) is 9.46. The molecule has 1 heterocycles. The highest BCUT2D eigenvalue weighted by atomic mass is 19.4. The van der Waals surface area contributed by atoms with Crippen LogP contribution >= 0.6 is 0 Å². The van der Waals surface area contributed by atoms with E-state index in [1.54, 1.807) is 6.08 Å². The molecule has 2 aromatic rings. The molecule has 1 aliphatic rings. The molecule has 0 radical (unpaired) electrons. The molecule has 2 aromatic carbocycles. The molecule has 0 atom stereocenters. The number of hydrogen-bond acceptors (Lipinski definition) is 3. The van der Waals surface area contributed by atoms with Crippen LogP contribution < -0.4 is 4.90 Å². The van der Waals surface area contributed by atoms with Crippen molar-refractivity contribution < 1.29 is 17.9 Å². The van der Waals surface area contributed by atoms with E-state index in [9.17, 15) is 18.4 Å². The Morgan fingerprint density at radius 1 is 1.15 bits per heavy atom. The molecule has 0 aliphatic carbocycles. The molecule has 0 spiro atoms. The second kappa shape index (κ2) is 7.85. The maximum Gasteiger partial charge on any atom is 0.416 e. The number of halogens is 3. The number of ether oxygens (including phenoxy) is 1. The molecule has 1 fully saturated rings. The van der Waals surface area contributed by atoms with Crippen LogP contribution in [0.3, 0.4) is 0 Å². The number of hydrogen-bond donors (Lipinski definition) is 0. The molecule has 3 nitrogen and oxygen atoms in total. The zero-order chi connectivity index (χ0) is 19.4. The molecule has 6 heteroatoms. The van der Waals surface area contributed by atoms with Gasteiger partial charge in [-0.25, -0.2) is 0 Å². The van der Waals surface area contributed by atoms with Crippen molar-refractivity contribution in [2.45, 2.75) is 13.1 Å². The topological polar surface area (TPSA) is 36.3 Å². The highest BCUT2D eigenvalue weighted by Crippen LogP contribution is 2.31. The Balaban J connectivity index is 1.91. The van der Waals surface area contributed by atoms with Gasteiger partial charge >= 0.3 is 6.18 Å². The summed E-state index contributed by atoms with van der Waals surface area (Å²) in [5.74, 6) is 0. The van der Waals surface area contributed by atoms with Crippen LogP contribution in [0.15, 0.2) is 42.5 Å². The van der Waals surface area contributed by atoms with Crippen LogP contribution in [0.2, 0.25) is 0 Å². The van der Waals surface area contributed by atoms with Crippen LogP contribution in [-0.4, -0.2) is 26.3 Å². The van der Waals surface area contributed by atoms with Crippen molar-refractivity contribution in [1.29, 1.82) is 5.26 Å². The first-order valence-corrected chi connectivity index (χ1v) is 8.61. The van der Waals surface area contributed by atoms with Crippen LogP contribution in [0.25, 0.3) is 11.6 Å². The first-order valence-electron chi connectivity index (χ1n) is 8.61. The molecule has 27 heavy (non-hydrogen) atoms. The molecule has 0 unspecified atom stereocenters. The van der Waals surface area contributed by atoms with E-state index in [1.807, 2.05) is 31.2 Å². The maximum atomic E-state index is 12.9. The molecular formula is C21H19F3N2O. The van der Waals surface area contributed by atoms with Crippen molar-refractivity contribution in [3.63, 3.8) is 0 Å². The van der Waals surface area contributed by atoms with Crippen LogP contribution in [0.1, 0.15) is 22.3 Å². The van der Waals surface area contributed by atoms with Gasteiger partial charge in [0.1, 0.15) is 0 Å². The van der Waals surface area contributed by atoms with Gasteiger partial charge in [0.15, 0.2) is 0 Å². The van der Waals surface area contributed by atoms with Crippen molar-refractivity contribution in [2.24, 2.45) is 0 Å². The van der Waals surface area contributed by atoms with E-state index in [0.29, 0.717) is 13.2 Å². The SMILES string of the molecule is Cc1cc(N2CCOCC2)ccc1/C=C(/C#N)c1cccc(C(F)(F)F)c1. The fraction of sp³-hybridized carbons (Fsp3) is 0.286. The minimum Gasteiger partial charge on any atom is -0.378 e. The monoisotopic (exact) mass is 372 g/mol. The quantitative estimate of drug-likeness (QED) is 0.567. The lowest BCUT2D eigenvalue weighted by Crippen LogP contribution is -2.36. The number of allylic oxidation sites excluding steroid dienone is 1. The largest absolute Gasteiger partial charge is 0.416 e. The molecule has 3 rings (SSSR count). The minimum absolute atomic E-state index is 0.198. The van der Waals surface area contributed by atoms with Crippen molar-refractivity contribution in [1.82, 2.24) is 0 Å². The van der Waals surface area contributed by atoms with Gasteiger partial charge < -0.3 is 9.64 Å². The third-order valence-electron chi connectivity index (χ3n) is 4.55. The van der Waals surface area contributed by atoms with Gasteiger partial charge in [-0.1, -0.05) is 18.2 Å². The number of benzene rings is 2. The van der Waals surface area contributed by atoms with Crippen LogP contribution in [0, 0.1) is 18.3 Å². The van der Waals surface area contributed by atoms with Crippen molar-refractivity contribution in [2.75, 3.05) is 31.2 Å². The van der Waals surface area contributed by atoms with Gasteiger partial charge in [-0.05, 0) is 54.0 Å². The third-order valence-corrected chi connectivity index (χ3v) is 4.55. The Bertz CT molecular complexity index is 891. The lowest BCUT2D eigenvalue weighted by Gasteiger charge is -2.29. The third kappa shape index (κ3) is 4.50. The van der Waals surface area contributed by atoms with E-state index in [1.165, 1.54) is 12.1 Å². The van der Waals surface area contributed by atoms with E-state index in [4.69, 9.17) is 4.74 Å². The summed E-state index contributed by atoms with van der Waals surface area (Å²) in [6, 6.07) is 12.7. The van der Waals surface area contributed by atoms with Gasteiger partial charge in [0.2, 0.25) is 0 Å². The lowest BCUT2D eigenvalue weighted by molar-refractivity contribution is -0.137. The van der Waals surface area contributed by atoms with Crippen LogP contribution in [0.5, 0.6) is 0 Å². The molecule has 0 N–H and O–H groups in total. The number of rotatable bonds is 3. The number of nitriles is 1. The Morgan fingerprint density at radius 2 is 1.89 bits per heavy atom. The first-order chi connectivity index (χ1) is 12.9. The molecule has 0 bridgehead atoms. The average molecular weight is 372 g/mol. The van der Waals surface area contributed by atoms with E-state index in [2.05, 4.69) is 4.90 Å². The molecule has 0 aromatic heterocycles. The molecule has 0 amide bonds. The fourth-order valence-corrected chi connectivity index (χ4v) is 3.04. The van der Waals surface area contributed by atoms with Gasteiger partial charge in [0.05, 0.1) is 30.4 Å². The fourth-order valence-electron chi connectivity index (χ4n) is 3.04. The summed E-state index contributed by atoms with van der Waals surface area (Å²) in [6.45, 7) is 4.95. The average Bonchev–Trinajstić information content (AvgIpc) is 2.67. The Morgan fingerprint density at radius 3 is 2.52 bits per heavy atom. The van der Waals surface area contributed by atoms with E-state index >= 15 is 0 Å². The number of anilines is 1. The smallest absolute Gasteiger partial charge is 0.378 e. The predicted molar refractivity (Wildman–Crippen MR) is 99.1 cm³/mol. The summed E-state index contributed by atoms with van der Waals surface area (Å²) < 4.78 is 44.2. The summed E-state index contributed by atoms with van der Waals surface area (Å²) >= 11 is 0. The van der Waals surface area contributed by atoms with Crippen molar-refractivity contribution >= 4 is 17.3 Å². The van der Waals surface area contributed by atoms with E-state index in [0.717, 1.165) is 42.0 Å². The van der Waals surface area contributed by atoms with Crippen molar-refractivity contribution in [3.8, 4) is 6.07 Å². The second-order valence-corrected chi connectivity index (χ2v) is 6.39. The Kier molecular flexibility index (Phi) is 5.52. The number of nitrogens with zero attached hydrogens (tertiary/aromatic N) is 2. The second-order valence-electron chi connectivity index (χ2n) is 6.39. The van der Waals surface area contributed by atoms with Gasteiger partial charge in [-0.3, -0.25) is 0 Å². The molecule has 1 aliphatic heterocycles. The van der Waals surface area contributed by atoms with Gasteiger partial charge in [-0.2, -0.15) is 18.4 Å². The highest BCUT2D eigenvalue weighted by molar-refractivity contribution is 5.90. The Labute approximate surface area is 156 Å². The molecular weight excluding hydrogens is 353 g/mol. The van der Waals surface area contributed by atoms with E-state index in [-0.39, 0.29) is 11.1 Å². The zero-order valence-electron chi connectivity index (χ0n) is 14.9. The minimum atomic E-state index is -4.44. The number of aryl methyl sites for hydroxylation is 1. The summed E-state index contributed by atoms with van der Waals surface area (Å²) in [6.07, 6.45) is -2.81. The standard InChI is InChI=1S/C21H19F3N2O/c1-15-11-20(26-7-9-27-10-8-26)6-5-16(15)12-18(14-25)17-3-2-4-19(13-17)21(22,23)24/h2-6,11-13H,7-10H2,1H3/b18-12-. The summed E-state index contributed by atoms with van der Waals surface area (Å²) in [7, 11) is 0. The normalized spacial score (nSPS) is 15.5. The van der Waals surface area contributed by atoms with Gasteiger partial charge in [0, 0.05) is 18.8 Å². The summed E-state index contributed by atoms with van der Waals surface area (Å²) in [5.41, 5.74) is 2.53. The summed E-state index contributed by atoms with van der Waals surface area (Å²) in [4.78, 5) is 2.22. The number of morpholine rings is 1. The highest BCUT2D eigenvalue weighted by Gasteiger charge is 2.30. The molecule has 1 saturated heterocycles. The lowest BCUT2D eigenvalue weighted by atomic mass is 9.99. The van der Waals surface area contributed by atoms with E-state index < -0.39 is 11.7 Å². The van der Waals surface area contributed by atoms with Crippen LogP contribution in [-0.2, 0) is 10.9 Å². The molecule has 0 saturated carbocycles. The maximum absolute atomic E-state index is 12.9. The molecule has 140 valence electrons. The predicted octanol–water partition coefficient (Wildman–Crippen LogP) is 4.91. The van der Waals surface area contributed by atoms with Crippen LogP contribution in [0.4, 0.5) is 18.9 Å². The number of alkyl halides is 3. The van der Waals surface area contributed by atoms with Gasteiger partial charge in [0.25, 0.3) is 0 Å². The Hall–Kier alpha value is -2.78. The zero-order valence-corrected chi connectivity index (χ0v) is 14.9.